The van der Waals surface area contributed by atoms with Crippen molar-refractivity contribution in [3.05, 3.63) is 18.2 Å². The van der Waals surface area contributed by atoms with Crippen molar-refractivity contribution in [2.24, 2.45) is 0 Å². The van der Waals surface area contributed by atoms with Gasteiger partial charge in [0.1, 0.15) is 17.2 Å². The molecule has 29 heavy (non-hydrogen) atoms. The Labute approximate surface area is 182 Å². The molecule has 0 unspecified atom stereocenters. The fourth-order valence-corrected chi connectivity index (χ4v) is 16.3. The highest BCUT2D eigenvalue weighted by atomic mass is 28.4. The van der Waals surface area contributed by atoms with E-state index in [-0.39, 0.29) is 5.75 Å². The van der Waals surface area contributed by atoms with E-state index in [1.807, 2.05) is 6.07 Å². The summed E-state index contributed by atoms with van der Waals surface area (Å²) >= 11 is 0. The predicted molar refractivity (Wildman–Crippen MR) is 131 cm³/mol. The molecule has 0 heterocycles. The Bertz CT molecular complexity index is 556. The Hall–Kier alpha value is -0.946. The van der Waals surface area contributed by atoms with Crippen LogP contribution in [0.3, 0.4) is 0 Å². The molecule has 0 radical (unpaired) electrons. The van der Waals surface area contributed by atoms with Crippen LogP contribution in [0.2, 0.25) is 33.2 Å². The highest BCUT2D eigenvalue weighted by Crippen LogP contribution is 2.46. The van der Waals surface area contributed by atoms with Crippen molar-refractivity contribution in [1.29, 1.82) is 0 Å². The largest absolute Gasteiger partial charge is 0.543 e. The lowest BCUT2D eigenvalue weighted by molar-refractivity contribution is 0.439. The maximum Gasteiger partial charge on any atom is 0.258 e. The molecule has 1 aromatic carbocycles. The van der Waals surface area contributed by atoms with E-state index in [9.17, 15) is 5.11 Å². The van der Waals surface area contributed by atoms with Crippen LogP contribution >= 0.6 is 0 Å². The van der Waals surface area contributed by atoms with E-state index in [2.05, 4.69) is 83.1 Å². The van der Waals surface area contributed by atoms with Crippen LogP contribution in [0.25, 0.3) is 0 Å². The van der Waals surface area contributed by atoms with E-state index in [1.54, 1.807) is 12.1 Å². The molecule has 1 rings (SSSR count). The molecule has 1 aromatic rings. The molecule has 3 nitrogen and oxygen atoms in total. The number of aromatic hydroxyl groups is 1. The minimum atomic E-state index is -2.09. The van der Waals surface area contributed by atoms with Crippen molar-refractivity contribution in [2.45, 2.75) is 116 Å². The molecule has 5 heteroatoms. The van der Waals surface area contributed by atoms with E-state index < -0.39 is 16.6 Å². The summed E-state index contributed by atoms with van der Waals surface area (Å²) in [7, 11) is -4.19. The van der Waals surface area contributed by atoms with E-state index in [4.69, 9.17) is 8.85 Å². The first-order valence-electron chi connectivity index (χ1n) is 11.4. The van der Waals surface area contributed by atoms with Crippen LogP contribution in [0, 0.1) is 0 Å². The summed E-state index contributed by atoms with van der Waals surface area (Å²) in [6.45, 7) is 27.3. The molecule has 0 saturated heterocycles. The zero-order chi connectivity index (χ0) is 22.7. The lowest BCUT2D eigenvalue weighted by Crippen LogP contribution is -2.51. The first-order chi connectivity index (χ1) is 13.2. The summed E-state index contributed by atoms with van der Waals surface area (Å²) < 4.78 is 13.6. The lowest BCUT2D eigenvalue weighted by atomic mass is 10.3. The lowest BCUT2D eigenvalue weighted by Gasteiger charge is -2.43. The summed E-state index contributed by atoms with van der Waals surface area (Å²) in [4.78, 5) is 0. The summed E-state index contributed by atoms with van der Waals surface area (Å²) in [6.07, 6.45) is 0. The van der Waals surface area contributed by atoms with Crippen molar-refractivity contribution < 1.29 is 14.0 Å². The fourth-order valence-electron chi connectivity index (χ4n) is 5.79. The van der Waals surface area contributed by atoms with Gasteiger partial charge in [0.05, 0.1) is 0 Å². The molecule has 1 N–H and O–H groups in total. The number of phenols is 1. The van der Waals surface area contributed by atoms with Gasteiger partial charge in [-0.3, -0.25) is 0 Å². The summed E-state index contributed by atoms with van der Waals surface area (Å²) in [5, 5.41) is 10.5. The number of hydrogen-bond acceptors (Lipinski definition) is 3. The molecule has 168 valence electrons. The average Bonchev–Trinajstić information content (AvgIpc) is 2.55. The minimum Gasteiger partial charge on any atom is -0.543 e. The van der Waals surface area contributed by atoms with Crippen LogP contribution < -0.4 is 8.85 Å². The molecule has 0 atom stereocenters. The monoisotopic (exact) mass is 438 g/mol. The number of benzene rings is 1. The van der Waals surface area contributed by atoms with E-state index in [0.717, 1.165) is 11.5 Å². The van der Waals surface area contributed by atoms with Gasteiger partial charge in [0.2, 0.25) is 0 Å². The van der Waals surface area contributed by atoms with Gasteiger partial charge in [0.15, 0.2) is 0 Å². The van der Waals surface area contributed by atoms with E-state index in [0.29, 0.717) is 33.2 Å². The van der Waals surface area contributed by atoms with Gasteiger partial charge >= 0.3 is 0 Å². The normalized spacial score (nSPS) is 13.4. The standard InChI is InChI=1S/C24H46O3Si2/c1-16(2)28(17(3)4,18(5)6)26-23-13-22(25)14-24(15-23)27-29(19(7)8,20(9)10)21(11)12/h13-21,25H,1-12H3. The number of hydrogen-bond donors (Lipinski definition) is 1. The Morgan fingerprint density at radius 3 is 0.966 bits per heavy atom. The summed E-state index contributed by atoms with van der Waals surface area (Å²) in [5.74, 6) is 1.72. The van der Waals surface area contributed by atoms with Crippen LogP contribution in [-0.4, -0.2) is 21.7 Å². The van der Waals surface area contributed by atoms with Gasteiger partial charge in [-0.15, -0.1) is 0 Å². The van der Waals surface area contributed by atoms with Crippen molar-refractivity contribution in [3.8, 4) is 17.2 Å². The average molecular weight is 439 g/mol. The SMILES string of the molecule is CC(C)[Si](Oc1cc(O)cc(O[Si](C(C)C)(C(C)C)C(C)C)c1)(C(C)C)C(C)C. The van der Waals surface area contributed by atoms with Gasteiger partial charge in [-0.05, 0) is 33.2 Å². The summed E-state index contributed by atoms with van der Waals surface area (Å²) in [6, 6.07) is 5.53. The molecular formula is C24H46O3Si2. The number of phenolic OH excluding ortho intramolecular Hbond substituents is 1. The summed E-state index contributed by atoms with van der Waals surface area (Å²) in [5.41, 5.74) is 2.86. The molecule has 0 spiro atoms. The molecule has 0 saturated carbocycles. The van der Waals surface area contributed by atoms with Gasteiger partial charge < -0.3 is 14.0 Å². The van der Waals surface area contributed by atoms with Gasteiger partial charge in [-0.25, -0.2) is 0 Å². The zero-order valence-corrected chi connectivity index (χ0v) is 23.0. The third-order valence-electron chi connectivity index (χ3n) is 6.87. The van der Waals surface area contributed by atoms with Gasteiger partial charge in [-0.1, -0.05) is 83.1 Å². The van der Waals surface area contributed by atoms with Gasteiger partial charge in [0, 0.05) is 18.2 Å². The third-order valence-corrected chi connectivity index (χ3v) is 18.9. The molecule has 0 aliphatic heterocycles. The Balaban J connectivity index is 3.44. The first-order valence-corrected chi connectivity index (χ1v) is 15.7. The van der Waals surface area contributed by atoms with Crippen LogP contribution in [0.5, 0.6) is 17.2 Å². The zero-order valence-electron chi connectivity index (χ0n) is 21.0. The van der Waals surface area contributed by atoms with Crippen molar-refractivity contribution in [1.82, 2.24) is 0 Å². The Kier molecular flexibility index (Phi) is 8.91. The number of rotatable bonds is 10. The first kappa shape index (κ1) is 26.1. The molecule has 0 fully saturated rings. The van der Waals surface area contributed by atoms with Crippen LogP contribution in [-0.2, 0) is 0 Å². The van der Waals surface area contributed by atoms with Gasteiger partial charge in [0.25, 0.3) is 16.6 Å². The van der Waals surface area contributed by atoms with Crippen molar-refractivity contribution >= 4 is 16.6 Å². The molecule has 0 aliphatic carbocycles. The second kappa shape index (κ2) is 9.91. The highest BCUT2D eigenvalue weighted by Gasteiger charge is 2.48. The third kappa shape index (κ3) is 5.22. The fraction of sp³-hybridized carbons (Fsp3) is 0.750. The Morgan fingerprint density at radius 2 is 0.759 bits per heavy atom. The maximum absolute atomic E-state index is 10.5. The van der Waals surface area contributed by atoms with Crippen molar-refractivity contribution in [2.75, 3.05) is 0 Å². The Morgan fingerprint density at radius 1 is 0.517 bits per heavy atom. The van der Waals surface area contributed by atoms with Crippen LogP contribution in [0.15, 0.2) is 18.2 Å². The van der Waals surface area contributed by atoms with E-state index in [1.165, 1.54) is 0 Å². The second-order valence-electron chi connectivity index (χ2n) is 10.5. The highest BCUT2D eigenvalue weighted by molar-refractivity contribution is 6.78. The predicted octanol–water partition coefficient (Wildman–Crippen LogP) is 8.50. The molecule has 0 bridgehead atoms. The maximum atomic E-state index is 10.5. The van der Waals surface area contributed by atoms with Crippen LogP contribution in [0.4, 0.5) is 0 Å². The molecule has 0 aliphatic rings. The minimum absolute atomic E-state index is 0.218. The van der Waals surface area contributed by atoms with Crippen molar-refractivity contribution in [3.63, 3.8) is 0 Å². The van der Waals surface area contributed by atoms with Crippen LogP contribution in [0.1, 0.15) is 83.1 Å². The topological polar surface area (TPSA) is 38.7 Å². The molecule has 0 aromatic heterocycles. The smallest absolute Gasteiger partial charge is 0.258 e. The quantitative estimate of drug-likeness (QED) is 0.372. The van der Waals surface area contributed by atoms with E-state index >= 15 is 0 Å². The second-order valence-corrected chi connectivity index (χ2v) is 21.3. The van der Waals surface area contributed by atoms with Gasteiger partial charge in [-0.2, -0.15) is 0 Å². The molecular weight excluding hydrogens is 392 g/mol. The molecule has 0 amide bonds.